The highest BCUT2D eigenvalue weighted by Gasteiger charge is 2.30. The molecule has 0 aromatic heterocycles. The van der Waals surface area contributed by atoms with E-state index >= 15 is 0 Å². The Balaban J connectivity index is 1.92. The van der Waals surface area contributed by atoms with Crippen LogP contribution in [0.25, 0.3) is 0 Å². The van der Waals surface area contributed by atoms with Crippen LogP contribution >= 0.6 is 0 Å². The third-order valence-corrected chi connectivity index (χ3v) is 3.93. The molecule has 21 heavy (non-hydrogen) atoms. The van der Waals surface area contributed by atoms with E-state index in [0.717, 1.165) is 25.9 Å². The Labute approximate surface area is 124 Å². The zero-order valence-corrected chi connectivity index (χ0v) is 12.3. The van der Waals surface area contributed by atoms with Crippen LogP contribution in [0.2, 0.25) is 0 Å². The van der Waals surface area contributed by atoms with Crippen molar-refractivity contribution in [2.75, 3.05) is 6.61 Å². The summed E-state index contributed by atoms with van der Waals surface area (Å²) in [5, 5.41) is 11.8. The molecule has 1 heterocycles. The van der Waals surface area contributed by atoms with Gasteiger partial charge in [-0.2, -0.15) is 0 Å². The minimum absolute atomic E-state index is 0.0211. The van der Waals surface area contributed by atoms with Gasteiger partial charge in [0.05, 0.1) is 18.6 Å². The number of aliphatic hydroxyl groups excluding tert-OH is 1. The van der Waals surface area contributed by atoms with E-state index < -0.39 is 5.82 Å². The smallest absolute Gasteiger partial charge is 0.225 e. The first-order chi connectivity index (χ1) is 10.2. The van der Waals surface area contributed by atoms with Crippen LogP contribution in [-0.4, -0.2) is 23.7 Å². The SMILES string of the molecule is CC[C@H]1OCCC[C@H]1C(=O)NCc1ccc(CO)c(F)c1. The van der Waals surface area contributed by atoms with Crippen molar-refractivity contribution in [3.8, 4) is 0 Å². The molecule has 0 radical (unpaired) electrons. The van der Waals surface area contributed by atoms with Crippen LogP contribution in [0.4, 0.5) is 4.39 Å². The summed E-state index contributed by atoms with van der Waals surface area (Å²) in [5.74, 6) is -0.602. The molecule has 1 aliphatic rings. The number of aliphatic hydroxyl groups is 1. The third-order valence-electron chi connectivity index (χ3n) is 3.93. The van der Waals surface area contributed by atoms with Crippen LogP contribution in [0.1, 0.15) is 37.3 Å². The lowest BCUT2D eigenvalue weighted by molar-refractivity contribution is -0.134. The van der Waals surface area contributed by atoms with Gasteiger partial charge in [0.25, 0.3) is 0 Å². The van der Waals surface area contributed by atoms with Crippen molar-refractivity contribution < 1.29 is 19.0 Å². The van der Waals surface area contributed by atoms with Gasteiger partial charge in [0, 0.05) is 18.7 Å². The Morgan fingerprint density at radius 2 is 2.33 bits per heavy atom. The Bertz CT molecular complexity index is 492. The highest BCUT2D eigenvalue weighted by molar-refractivity contribution is 5.79. The zero-order chi connectivity index (χ0) is 15.2. The van der Waals surface area contributed by atoms with Gasteiger partial charge in [-0.15, -0.1) is 0 Å². The molecule has 1 fully saturated rings. The molecule has 0 unspecified atom stereocenters. The number of amides is 1. The van der Waals surface area contributed by atoms with Gasteiger partial charge in [0.2, 0.25) is 5.91 Å². The highest BCUT2D eigenvalue weighted by Crippen LogP contribution is 2.23. The Kier molecular flexibility index (Phi) is 5.70. The fourth-order valence-electron chi connectivity index (χ4n) is 2.69. The summed E-state index contributed by atoms with van der Waals surface area (Å²) < 4.78 is 19.2. The molecule has 0 saturated carbocycles. The summed E-state index contributed by atoms with van der Waals surface area (Å²) in [4.78, 5) is 12.2. The molecule has 116 valence electrons. The molecular weight excluding hydrogens is 273 g/mol. The number of benzene rings is 1. The van der Waals surface area contributed by atoms with Crippen molar-refractivity contribution in [2.45, 2.75) is 45.4 Å². The van der Waals surface area contributed by atoms with Crippen molar-refractivity contribution in [1.82, 2.24) is 5.32 Å². The Hall–Kier alpha value is -1.46. The molecule has 1 aromatic rings. The summed E-state index contributed by atoms with van der Waals surface area (Å²) in [7, 11) is 0. The molecule has 0 aliphatic carbocycles. The molecule has 1 amide bonds. The Morgan fingerprint density at radius 3 is 3.00 bits per heavy atom. The van der Waals surface area contributed by atoms with Crippen LogP contribution in [-0.2, 0) is 22.7 Å². The molecule has 2 N–H and O–H groups in total. The average molecular weight is 295 g/mol. The lowest BCUT2D eigenvalue weighted by Crippen LogP contribution is -2.41. The van der Waals surface area contributed by atoms with E-state index in [-0.39, 0.29) is 36.6 Å². The first-order valence-corrected chi connectivity index (χ1v) is 7.43. The lowest BCUT2D eigenvalue weighted by atomic mass is 9.92. The summed E-state index contributed by atoms with van der Waals surface area (Å²) >= 11 is 0. The number of rotatable bonds is 5. The van der Waals surface area contributed by atoms with Gasteiger partial charge in [-0.3, -0.25) is 4.79 Å². The van der Waals surface area contributed by atoms with Gasteiger partial charge in [-0.1, -0.05) is 19.1 Å². The second-order valence-corrected chi connectivity index (χ2v) is 5.37. The summed E-state index contributed by atoms with van der Waals surface area (Å²) in [5.41, 5.74) is 0.944. The highest BCUT2D eigenvalue weighted by atomic mass is 19.1. The van der Waals surface area contributed by atoms with Gasteiger partial charge < -0.3 is 15.2 Å². The third kappa shape index (κ3) is 4.02. The lowest BCUT2D eigenvalue weighted by Gasteiger charge is -2.30. The largest absolute Gasteiger partial charge is 0.392 e. The number of hydrogen-bond donors (Lipinski definition) is 2. The van der Waals surface area contributed by atoms with Crippen LogP contribution in [0.3, 0.4) is 0 Å². The van der Waals surface area contributed by atoms with Gasteiger partial charge in [0.15, 0.2) is 0 Å². The molecule has 1 saturated heterocycles. The first kappa shape index (κ1) is 15.9. The van der Waals surface area contributed by atoms with Crippen molar-refractivity contribution in [3.05, 3.63) is 35.1 Å². The van der Waals surface area contributed by atoms with Crippen molar-refractivity contribution in [3.63, 3.8) is 0 Å². The van der Waals surface area contributed by atoms with E-state index in [1.54, 1.807) is 6.07 Å². The molecule has 1 aromatic carbocycles. The fourth-order valence-corrected chi connectivity index (χ4v) is 2.69. The normalized spacial score (nSPS) is 22.0. The molecule has 0 spiro atoms. The van der Waals surface area contributed by atoms with E-state index in [1.807, 2.05) is 6.92 Å². The predicted octanol–water partition coefficient (Wildman–Crippen LogP) is 2.14. The number of halogens is 1. The molecule has 0 bridgehead atoms. The first-order valence-electron chi connectivity index (χ1n) is 7.43. The van der Waals surface area contributed by atoms with Crippen LogP contribution in [0, 0.1) is 11.7 Å². The molecular formula is C16H22FNO3. The second kappa shape index (κ2) is 7.52. The fraction of sp³-hybridized carbons (Fsp3) is 0.562. The van der Waals surface area contributed by atoms with E-state index in [2.05, 4.69) is 5.32 Å². The number of ether oxygens (including phenoxy) is 1. The zero-order valence-electron chi connectivity index (χ0n) is 12.3. The topological polar surface area (TPSA) is 58.6 Å². The molecule has 4 nitrogen and oxygen atoms in total. The monoisotopic (exact) mass is 295 g/mol. The number of hydrogen-bond acceptors (Lipinski definition) is 3. The van der Waals surface area contributed by atoms with Crippen molar-refractivity contribution >= 4 is 5.91 Å². The second-order valence-electron chi connectivity index (χ2n) is 5.37. The maximum atomic E-state index is 13.6. The average Bonchev–Trinajstić information content (AvgIpc) is 2.52. The molecule has 5 heteroatoms. The van der Waals surface area contributed by atoms with Gasteiger partial charge in [0.1, 0.15) is 5.82 Å². The predicted molar refractivity (Wildman–Crippen MR) is 76.9 cm³/mol. The minimum Gasteiger partial charge on any atom is -0.392 e. The molecule has 2 atom stereocenters. The number of carbonyl (C=O) groups is 1. The van der Waals surface area contributed by atoms with E-state index in [4.69, 9.17) is 9.84 Å². The van der Waals surface area contributed by atoms with Gasteiger partial charge >= 0.3 is 0 Å². The van der Waals surface area contributed by atoms with E-state index in [0.29, 0.717) is 5.56 Å². The maximum absolute atomic E-state index is 13.6. The Morgan fingerprint density at radius 1 is 1.52 bits per heavy atom. The minimum atomic E-state index is -0.448. The summed E-state index contributed by atoms with van der Waals surface area (Å²) in [6, 6.07) is 4.60. The summed E-state index contributed by atoms with van der Waals surface area (Å²) in [6.07, 6.45) is 2.53. The molecule has 2 rings (SSSR count). The quantitative estimate of drug-likeness (QED) is 0.875. The number of carbonyl (C=O) groups excluding carboxylic acids is 1. The van der Waals surface area contributed by atoms with Crippen LogP contribution < -0.4 is 5.32 Å². The number of nitrogens with one attached hydrogen (secondary N) is 1. The maximum Gasteiger partial charge on any atom is 0.225 e. The van der Waals surface area contributed by atoms with Gasteiger partial charge in [-0.05, 0) is 30.9 Å². The van der Waals surface area contributed by atoms with Crippen LogP contribution in [0.5, 0.6) is 0 Å². The van der Waals surface area contributed by atoms with Crippen molar-refractivity contribution in [1.29, 1.82) is 0 Å². The standard InChI is InChI=1S/C16H22FNO3/c1-2-15-13(4-3-7-21-15)16(20)18-9-11-5-6-12(10-19)14(17)8-11/h5-6,8,13,15,19H,2-4,7,9-10H2,1H3,(H,18,20)/t13-,15-/m1/s1. The summed E-state index contributed by atoms with van der Waals surface area (Å²) in [6.45, 7) is 2.69. The van der Waals surface area contributed by atoms with Crippen molar-refractivity contribution in [2.24, 2.45) is 5.92 Å². The van der Waals surface area contributed by atoms with E-state index in [9.17, 15) is 9.18 Å². The molecule has 1 aliphatic heterocycles. The van der Waals surface area contributed by atoms with Gasteiger partial charge in [-0.25, -0.2) is 4.39 Å². The van der Waals surface area contributed by atoms with E-state index in [1.165, 1.54) is 12.1 Å². The van der Waals surface area contributed by atoms with Crippen LogP contribution in [0.15, 0.2) is 18.2 Å².